The quantitative estimate of drug-likeness (QED) is 0.0552. The number of hydrogen-bond acceptors (Lipinski definition) is 11. The van der Waals surface area contributed by atoms with Gasteiger partial charge in [0.25, 0.3) is 10.2 Å². The molecule has 1 saturated carbocycles. The van der Waals surface area contributed by atoms with E-state index in [2.05, 4.69) is 15.0 Å². The molecule has 1 fully saturated rings. The summed E-state index contributed by atoms with van der Waals surface area (Å²) in [6, 6.07) is 9.64. The SMILES string of the molecule is CCNC(=O)CCC/C=C\C[C@@H]1[C@@H](/C=C/[C@H](CCc2ccccc2)OC(=O)CCC[C@H](CO[N+](=O)[O-])O[N+](=O)[O-])[C@H](O)C[C@@H]1O. The van der Waals surface area contributed by atoms with E-state index in [1.165, 1.54) is 0 Å². The fourth-order valence-corrected chi connectivity index (χ4v) is 5.28. The van der Waals surface area contributed by atoms with Crippen LogP contribution in [0.4, 0.5) is 0 Å². The third-order valence-electron chi connectivity index (χ3n) is 7.54. The van der Waals surface area contributed by atoms with E-state index in [9.17, 15) is 40.0 Å². The molecule has 0 radical (unpaired) electrons. The van der Waals surface area contributed by atoms with Crippen molar-refractivity contribution in [3.05, 3.63) is 80.4 Å². The Morgan fingerprint density at radius 3 is 2.49 bits per heavy atom. The molecule has 0 heterocycles. The molecule has 1 aromatic carbocycles. The van der Waals surface area contributed by atoms with E-state index in [1.807, 2.05) is 49.4 Å². The Kier molecular flexibility index (Phi) is 17.2. The lowest BCUT2D eigenvalue weighted by Gasteiger charge is -2.21. The number of aryl methyl sites for hydroxylation is 1. The summed E-state index contributed by atoms with van der Waals surface area (Å²) in [7, 11) is 0. The summed E-state index contributed by atoms with van der Waals surface area (Å²) in [5, 5.41) is 43.1. The third kappa shape index (κ3) is 15.5. The Labute approximate surface area is 262 Å². The molecule has 14 heteroatoms. The molecule has 1 aromatic rings. The van der Waals surface area contributed by atoms with Gasteiger partial charge in [0.05, 0.1) is 12.2 Å². The second kappa shape index (κ2) is 20.8. The van der Waals surface area contributed by atoms with Crippen LogP contribution in [-0.4, -0.2) is 69.8 Å². The number of amides is 1. The van der Waals surface area contributed by atoms with Crippen molar-refractivity contribution in [2.24, 2.45) is 11.8 Å². The second-order valence-corrected chi connectivity index (χ2v) is 11.0. The van der Waals surface area contributed by atoms with Crippen molar-refractivity contribution in [1.29, 1.82) is 0 Å². The van der Waals surface area contributed by atoms with E-state index in [-0.39, 0.29) is 43.4 Å². The number of benzene rings is 1. The summed E-state index contributed by atoms with van der Waals surface area (Å²) in [6.45, 7) is 1.83. The van der Waals surface area contributed by atoms with Gasteiger partial charge in [0, 0.05) is 31.7 Å². The van der Waals surface area contributed by atoms with Crippen molar-refractivity contribution in [3.8, 4) is 0 Å². The minimum absolute atomic E-state index is 0.0169. The summed E-state index contributed by atoms with van der Waals surface area (Å²) in [5.74, 6) is -1.14. The maximum atomic E-state index is 12.7. The van der Waals surface area contributed by atoms with Crippen LogP contribution in [0.2, 0.25) is 0 Å². The van der Waals surface area contributed by atoms with Gasteiger partial charge in [0.15, 0.2) is 0 Å². The minimum Gasteiger partial charge on any atom is -0.458 e. The second-order valence-electron chi connectivity index (χ2n) is 11.0. The average molecular weight is 636 g/mol. The Balaban J connectivity index is 2.00. The first-order chi connectivity index (χ1) is 21.6. The van der Waals surface area contributed by atoms with Gasteiger partial charge in [-0.05, 0) is 69.4 Å². The van der Waals surface area contributed by atoms with Crippen LogP contribution in [-0.2, 0) is 30.4 Å². The van der Waals surface area contributed by atoms with Crippen LogP contribution in [0.3, 0.4) is 0 Å². The molecule has 0 aliphatic heterocycles. The van der Waals surface area contributed by atoms with Crippen molar-refractivity contribution in [2.45, 2.75) is 95.5 Å². The van der Waals surface area contributed by atoms with Crippen molar-refractivity contribution in [3.63, 3.8) is 0 Å². The van der Waals surface area contributed by atoms with E-state index in [4.69, 9.17) is 4.74 Å². The molecular formula is C31H45N3O11. The number of hydrogen-bond donors (Lipinski definition) is 3. The molecule has 0 unspecified atom stereocenters. The summed E-state index contributed by atoms with van der Waals surface area (Å²) in [6.07, 6.45) is 7.83. The largest absolute Gasteiger partial charge is 0.458 e. The van der Waals surface area contributed by atoms with Gasteiger partial charge < -0.3 is 29.9 Å². The van der Waals surface area contributed by atoms with Crippen molar-refractivity contribution in [2.75, 3.05) is 13.2 Å². The zero-order chi connectivity index (χ0) is 33.0. The number of nitrogens with one attached hydrogen (secondary N) is 1. The smallest absolute Gasteiger partial charge is 0.306 e. The van der Waals surface area contributed by atoms with Crippen molar-refractivity contribution < 1.29 is 44.4 Å². The summed E-state index contributed by atoms with van der Waals surface area (Å²) in [4.78, 5) is 54.0. The molecular weight excluding hydrogens is 590 g/mol. The first-order valence-corrected chi connectivity index (χ1v) is 15.4. The number of unbranched alkanes of at least 4 members (excludes halogenated alkanes) is 1. The van der Waals surface area contributed by atoms with Gasteiger partial charge in [-0.15, -0.1) is 20.2 Å². The van der Waals surface area contributed by atoms with Gasteiger partial charge >= 0.3 is 5.97 Å². The summed E-state index contributed by atoms with van der Waals surface area (Å²) >= 11 is 0. The Morgan fingerprint density at radius 1 is 1.04 bits per heavy atom. The number of ether oxygens (including phenoxy) is 1. The van der Waals surface area contributed by atoms with Crippen LogP contribution in [0.1, 0.15) is 70.3 Å². The van der Waals surface area contributed by atoms with Gasteiger partial charge in [-0.25, -0.2) is 0 Å². The molecule has 1 aliphatic rings. The maximum Gasteiger partial charge on any atom is 0.306 e. The van der Waals surface area contributed by atoms with E-state index in [1.54, 1.807) is 12.2 Å². The van der Waals surface area contributed by atoms with E-state index in [0.29, 0.717) is 38.6 Å². The normalized spacial score (nSPS) is 21.0. The number of aliphatic hydroxyl groups excluding tert-OH is 2. The molecule has 45 heavy (non-hydrogen) atoms. The average Bonchev–Trinajstić information content (AvgIpc) is 3.26. The lowest BCUT2D eigenvalue weighted by molar-refractivity contribution is -0.790. The minimum atomic E-state index is -1.21. The van der Waals surface area contributed by atoms with Gasteiger partial charge in [0.2, 0.25) is 5.91 Å². The van der Waals surface area contributed by atoms with Gasteiger partial charge in [-0.1, -0.05) is 48.6 Å². The first kappa shape index (κ1) is 37.1. The lowest BCUT2D eigenvalue weighted by atomic mass is 9.89. The molecule has 6 atom stereocenters. The van der Waals surface area contributed by atoms with Gasteiger partial charge in [0.1, 0.15) is 18.8 Å². The number of carbonyl (C=O) groups excluding carboxylic acids is 2. The van der Waals surface area contributed by atoms with Crippen LogP contribution < -0.4 is 5.32 Å². The van der Waals surface area contributed by atoms with E-state index < -0.39 is 47.2 Å². The van der Waals surface area contributed by atoms with E-state index >= 15 is 0 Å². The van der Waals surface area contributed by atoms with Crippen LogP contribution in [0.15, 0.2) is 54.6 Å². The lowest BCUT2D eigenvalue weighted by Crippen LogP contribution is -2.25. The summed E-state index contributed by atoms with van der Waals surface area (Å²) in [5.41, 5.74) is 1.05. The number of nitrogens with zero attached hydrogens (tertiary/aromatic N) is 2. The molecule has 250 valence electrons. The predicted molar refractivity (Wildman–Crippen MR) is 162 cm³/mol. The maximum absolute atomic E-state index is 12.7. The fraction of sp³-hybridized carbons (Fsp3) is 0.613. The molecule has 0 saturated heterocycles. The highest BCUT2D eigenvalue weighted by atomic mass is 17.0. The number of aliphatic hydroxyl groups is 2. The van der Waals surface area contributed by atoms with E-state index in [0.717, 1.165) is 12.0 Å². The van der Waals surface area contributed by atoms with Crippen LogP contribution in [0, 0.1) is 32.1 Å². The van der Waals surface area contributed by atoms with Crippen LogP contribution >= 0.6 is 0 Å². The van der Waals surface area contributed by atoms with Crippen LogP contribution in [0.25, 0.3) is 0 Å². The molecule has 3 N–H and O–H groups in total. The molecule has 1 aliphatic carbocycles. The third-order valence-corrected chi connectivity index (χ3v) is 7.54. The van der Waals surface area contributed by atoms with Crippen LogP contribution in [0.5, 0.6) is 0 Å². The molecule has 0 bridgehead atoms. The zero-order valence-electron chi connectivity index (χ0n) is 25.6. The standard InChI is InChI=1S/C31H45N3O11/c1-2-32-30(37)15-9-4-3-8-14-26-27(29(36)21-28(26)35)20-19-24(18-17-23-11-6-5-7-12-23)44-31(38)16-10-13-25(45-34(41)42)22-43-33(39)40/h3,5-8,11-12,19-20,24-29,35-36H,2,4,9-10,13-18,21-22H2,1H3,(H,32,37)/b8-3-,20-19+/t24-,25+,26+,27+,28-,29+/m0/s1. The number of rotatable bonds is 22. The Bertz CT molecular complexity index is 1120. The fourth-order valence-electron chi connectivity index (χ4n) is 5.28. The molecule has 0 spiro atoms. The van der Waals surface area contributed by atoms with Crippen molar-refractivity contribution in [1.82, 2.24) is 5.32 Å². The molecule has 1 amide bonds. The molecule has 0 aromatic heterocycles. The number of esters is 1. The first-order valence-electron chi connectivity index (χ1n) is 15.4. The highest BCUT2D eigenvalue weighted by Crippen LogP contribution is 2.36. The highest BCUT2D eigenvalue weighted by molar-refractivity contribution is 5.75. The Hall–Kier alpha value is -4.04. The monoisotopic (exact) mass is 635 g/mol. The molecule has 14 nitrogen and oxygen atoms in total. The number of carbonyl (C=O) groups is 2. The van der Waals surface area contributed by atoms with Gasteiger partial charge in [-0.2, -0.15) is 0 Å². The highest BCUT2D eigenvalue weighted by Gasteiger charge is 2.39. The zero-order valence-corrected chi connectivity index (χ0v) is 25.6. The molecule has 2 rings (SSSR count). The Morgan fingerprint density at radius 2 is 1.80 bits per heavy atom. The summed E-state index contributed by atoms with van der Waals surface area (Å²) < 4.78 is 5.72. The van der Waals surface area contributed by atoms with Crippen molar-refractivity contribution >= 4 is 11.9 Å². The number of allylic oxidation sites excluding steroid dienone is 2. The predicted octanol–water partition coefficient (Wildman–Crippen LogP) is 3.65. The topological polar surface area (TPSA) is 201 Å². The van der Waals surface area contributed by atoms with Gasteiger partial charge in [-0.3, -0.25) is 9.59 Å².